The summed E-state index contributed by atoms with van der Waals surface area (Å²) in [5.41, 5.74) is 3.07. The van der Waals surface area contributed by atoms with Gasteiger partial charge in [0.15, 0.2) is 11.5 Å². The fraction of sp³-hybridized carbons (Fsp3) is 0.143. The van der Waals surface area contributed by atoms with Crippen molar-refractivity contribution >= 4 is 28.3 Å². The van der Waals surface area contributed by atoms with E-state index in [9.17, 15) is 4.39 Å². The van der Waals surface area contributed by atoms with Gasteiger partial charge in [-0.1, -0.05) is 30.3 Å². The van der Waals surface area contributed by atoms with E-state index in [4.69, 9.17) is 9.47 Å². The second kappa shape index (κ2) is 8.89. The van der Waals surface area contributed by atoms with E-state index in [0.717, 1.165) is 20.4 Å². The topological polar surface area (TPSA) is 30.5 Å². The summed E-state index contributed by atoms with van der Waals surface area (Å²) in [6.45, 7) is 1.04. The Morgan fingerprint density at radius 2 is 1.69 bits per heavy atom. The average Bonchev–Trinajstić information content (AvgIpc) is 2.67. The summed E-state index contributed by atoms with van der Waals surface area (Å²) >= 11 is 2.24. The molecule has 26 heavy (non-hydrogen) atoms. The van der Waals surface area contributed by atoms with Gasteiger partial charge in [-0.3, -0.25) is 0 Å². The van der Waals surface area contributed by atoms with E-state index in [1.807, 2.05) is 36.4 Å². The van der Waals surface area contributed by atoms with Crippen LogP contribution in [0, 0.1) is 9.39 Å². The van der Waals surface area contributed by atoms with Crippen LogP contribution < -0.4 is 14.8 Å². The van der Waals surface area contributed by atoms with E-state index < -0.39 is 0 Å². The molecule has 3 aromatic rings. The van der Waals surface area contributed by atoms with Crippen molar-refractivity contribution in [2.45, 2.75) is 13.2 Å². The fourth-order valence-corrected chi connectivity index (χ4v) is 3.33. The Labute approximate surface area is 166 Å². The van der Waals surface area contributed by atoms with Crippen molar-refractivity contribution < 1.29 is 13.9 Å². The molecule has 3 aromatic carbocycles. The minimum atomic E-state index is -0.254. The molecule has 0 aliphatic carbocycles. The van der Waals surface area contributed by atoms with E-state index in [2.05, 4.69) is 34.0 Å². The molecule has 0 saturated carbocycles. The third-order valence-electron chi connectivity index (χ3n) is 3.86. The SMILES string of the molecule is COc1cc(CNc2ccccc2)cc(I)c1OCc1ccc(F)cc1. The third kappa shape index (κ3) is 4.88. The number of rotatable bonds is 7. The monoisotopic (exact) mass is 463 g/mol. The van der Waals surface area contributed by atoms with Crippen molar-refractivity contribution in [1.29, 1.82) is 0 Å². The van der Waals surface area contributed by atoms with Crippen LogP contribution in [0.1, 0.15) is 11.1 Å². The highest BCUT2D eigenvalue weighted by molar-refractivity contribution is 14.1. The van der Waals surface area contributed by atoms with E-state index in [1.54, 1.807) is 19.2 Å². The zero-order valence-electron chi connectivity index (χ0n) is 14.3. The van der Waals surface area contributed by atoms with Gasteiger partial charge in [-0.15, -0.1) is 0 Å². The fourth-order valence-electron chi connectivity index (χ4n) is 2.51. The normalized spacial score (nSPS) is 10.4. The highest BCUT2D eigenvalue weighted by Crippen LogP contribution is 2.34. The predicted molar refractivity (Wildman–Crippen MR) is 110 cm³/mol. The molecule has 134 valence electrons. The first-order valence-electron chi connectivity index (χ1n) is 8.18. The maximum atomic E-state index is 13.0. The molecule has 0 amide bonds. The van der Waals surface area contributed by atoms with Crippen LogP contribution in [-0.2, 0) is 13.2 Å². The predicted octanol–water partition coefficient (Wildman–Crippen LogP) is 5.63. The van der Waals surface area contributed by atoms with Crippen LogP contribution in [0.5, 0.6) is 11.5 Å². The van der Waals surface area contributed by atoms with Gasteiger partial charge in [-0.05, 0) is 70.1 Å². The molecule has 5 heteroatoms. The van der Waals surface area contributed by atoms with E-state index >= 15 is 0 Å². The highest BCUT2D eigenvalue weighted by atomic mass is 127. The largest absolute Gasteiger partial charge is 0.493 e. The van der Waals surface area contributed by atoms with Crippen LogP contribution in [0.4, 0.5) is 10.1 Å². The molecule has 3 rings (SSSR count). The summed E-state index contributed by atoms with van der Waals surface area (Å²) in [4.78, 5) is 0. The Hall–Kier alpha value is -2.28. The Balaban J connectivity index is 1.71. The molecule has 0 atom stereocenters. The summed E-state index contributed by atoms with van der Waals surface area (Å²) in [5, 5.41) is 3.39. The lowest BCUT2D eigenvalue weighted by Gasteiger charge is -2.15. The van der Waals surface area contributed by atoms with Crippen molar-refractivity contribution in [2.75, 3.05) is 12.4 Å². The second-order valence-electron chi connectivity index (χ2n) is 5.74. The zero-order valence-corrected chi connectivity index (χ0v) is 16.5. The first-order valence-corrected chi connectivity index (χ1v) is 9.26. The van der Waals surface area contributed by atoms with Gasteiger partial charge in [0.05, 0.1) is 10.7 Å². The number of para-hydroxylation sites is 1. The molecule has 1 N–H and O–H groups in total. The molecule has 0 unspecified atom stereocenters. The Kier molecular flexibility index (Phi) is 6.33. The van der Waals surface area contributed by atoms with Gasteiger partial charge >= 0.3 is 0 Å². The summed E-state index contributed by atoms with van der Waals surface area (Å²) in [7, 11) is 1.63. The number of ether oxygens (including phenoxy) is 2. The lowest BCUT2D eigenvalue weighted by atomic mass is 10.2. The van der Waals surface area contributed by atoms with Gasteiger partial charge in [0.25, 0.3) is 0 Å². The average molecular weight is 463 g/mol. The number of benzene rings is 3. The molecule has 0 aliphatic heterocycles. The van der Waals surface area contributed by atoms with Crippen LogP contribution in [0.2, 0.25) is 0 Å². The smallest absolute Gasteiger partial charge is 0.174 e. The Morgan fingerprint density at radius 3 is 2.38 bits per heavy atom. The number of methoxy groups -OCH3 is 1. The Morgan fingerprint density at radius 1 is 0.962 bits per heavy atom. The summed E-state index contributed by atoms with van der Waals surface area (Å²) in [6.07, 6.45) is 0. The third-order valence-corrected chi connectivity index (χ3v) is 4.66. The van der Waals surface area contributed by atoms with Gasteiger partial charge in [0.1, 0.15) is 12.4 Å². The summed E-state index contributed by atoms with van der Waals surface area (Å²) in [5.74, 6) is 1.13. The zero-order chi connectivity index (χ0) is 18.4. The van der Waals surface area contributed by atoms with Gasteiger partial charge in [0.2, 0.25) is 0 Å². The number of nitrogens with one attached hydrogen (secondary N) is 1. The Bertz CT molecular complexity index is 854. The first kappa shape index (κ1) is 18.5. The van der Waals surface area contributed by atoms with Crippen molar-refractivity contribution in [1.82, 2.24) is 0 Å². The maximum absolute atomic E-state index is 13.0. The van der Waals surface area contributed by atoms with Crippen LogP contribution in [0.15, 0.2) is 66.7 Å². The van der Waals surface area contributed by atoms with Crippen LogP contribution in [0.25, 0.3) is 0 Å². The van der Waals surface area contributed by atoms with E-state index in [0.29, 0.717) is 24.7 Å². The molecular formula is C21H19FINO2. The number of halogens is 2. The van der Waals surface area contributed by atoms with Crippen molar-refractivity contribution in [2.24, 2.45) is 0 Å². The quantitative estimate of drug-likeness (QED) is 0.461. The molecule has 0 aliphatic rings. The standard InChI is InChI=1S/C21H19FINO2/c1-25-20-12-16(13-24-18-5-3-2-4-6-18)11-19(23)21(20)26-14-15-7-9-17(22)10-8-15/h2-12,24H,13-14H2,1H3. The summed E-state index contributed by atoms with van der Waals surface area (Å²) in [6, 6.07) is 20.4. The van der Waals surface area contributed by atoms with Crippen LogP contribution >= 0.6 is 22.6 Å². The molecule has 0 bridgehead atoms. The second-order valence-corrected chi connectivity index (χ2v) is 6.91. The maximum Gasteiger partial charge on any atom is 0.174 e. The van der Waals surface area contributed by atoms with Gasteiger partial charge < -0.3 is 14.8 Å². The minimum Gasteiger partial charge on any atom is -0.493 e. The van der Waals surface area contributed by atoms with E-state index in [1.165, 1.54) is 12.1 Å². The highest BCUT2D eigenvalue weighted by Gasteiger charge is 2.12. The van der Waals surface area contributed by atoms with Crippen molar-refractivity contribution in [3.05, 3.63) is 87.2 Å². The molecule has 0 aromatic heterocycles. The molecular weight excluding hydrogens is 444 g/mol. The molecule has 3 nitrogen and oxygen atoms in total. The summed E-state index contributed by atoms with van der Waals surface area (Å²) < 4.78 is 25.4. The molecule has 0 fully saturated rings. The lowest BCUT2D eigenvalue weighted by molar-refractivity contribution is 0.282. The molecule has 0 heterocycles. The van der Waals surface area contributed by atoms with Crippen molar-refractivity contribution in [3.8, 4) is 11.5 Å². The van der Waals surface area contributed by atoms with Gasteiger partial charge in [0, 0.05) is 12.2 Å². The number of hydrogen-bond acceptors (Lipinski definition) is 3. The number of hydrogen-bond donors (Lipinski definition) is 1. The van der Waals surface area contributed by atoms with Gasteiger partial charge in [-0.2, -0.15) is 0 Å². The molecule has 0 radical (unpaired) electrons. The molecule has 0 saturated heterocycles. The minimum absolute atomic E-state index is 0.254. The molecule has 0 spiro atoms. The van der Waals surface area contributed by atoms with E-state index in [-0.39, 0.29) is 5.82 Å². The number of anilines is 1. The lowest BCUT2D eigenvalue weighted by Crippen LogP contribution is -2.03. The first-order chi connectivity index (χ1) is 12.7. The van der Waals surface area contributed by atoms with Crippen LogP contribution in [-0.4, -0.2) is 7.11 Å². The van der Waals surface area contributed by atoms with Crippen LogP contribution in [0.3, 0.4) is 0 Å². The van der Waals surface area contributed by atoms with Crippen molar-refractivity contribution in [3.63, 3.8) is 0 Å². The van der Waals surface area contributed by atoms with Gasteiger partial charge in [-0.25, -0.2) is 4.39 Å².